The molecular weight excluding hydrogens is 266 g/mol. The van der Waals surface area contributed by atoms with E-state index in [9.17, 15) is 9.59 Å². The van der Waals surface area contributed by atoms with Crippen molar-refractivity contribution in [3.63, 3.8) is 0 Å². The molecule has 0 bridgehead atoms. The van der Waals surface area contributed by atoms with Crippen molar-refractivity contribution in [2.24, 2.45) is 0 Å². The molecule has 0 amide bonds. The van der Waals surface area contributed by atoms with Crippen molar-refractivity contribution in [3.05, 3.63) is 35.4 Å². The smallest absolute Gasteiger partial charge is 0.293 e. The molecule has 1 aromatic rings. The van der Waals surface area contributed by atoms with E-state index >= 15 is 0 Å². The number of ether oxygens (including phenoxy) is 1. The molecule has 1 N–H and O–H groups in total. The van der Waals surface area contributed by atoms with Gasteiger partial charge in [0.25, 0.3) is 6.47 Å². The number of nitrogens with one attached hydrogen (secondary N) is 1. The largest absolute Gasteiger partial charge is 0.462 e. The number of ketones is 1. The Hall–Kier alpha value is -1.68. The lowest BCUT2D eigenvalue weighted by molar-refractivity contribution is -0.138. The lowest BCUT2D eigenvalue weighted by Gasteiger charge is -2.14. The van der Waals surface area contributed by atoms with Crippen LogP contribution in [0.25, 0.3) is 0 Å². The van der Waals surface area contributed by atoms with Gasteiger partial charge in [-0.25, -0.2) is 0 Å². The van der Waals surface area contributed by atoms with Crippen LogP contribution >= 0.6 is 0 Å². The fourth-order valence-corrected chi connectivity index (χ4v) is 1.97. The Balaban J connectivity index is 0.000000270. The van der Waals surface area contributed by atoms with Crippen LogP contribution in [0.3, 0.4) is 0 Å². The molecule has 1 fully saturated rings. The van der Waals surface area contributed by atoms with Crippen molar-refractivity contribution in [2.45, 2.75) is 52.2 Å². The monoisotopic (exact) mass is 291 g/mol. The zero-order chi connectivity index (χ0) is 15.9. The van der Waals surface area contributed by atoms with E-state index in [1.54, 1.807) is 0 Å². The second kappa shape index (κ2) is 7.93. The Labute approximate surface area is 126 Å². The molecule has 4 nitrogen and oxygen atoms in total. The van der Waals surface area contributed by atoms with Crippen LogP contribution in [0, 0.1) is 6.92 Å². The maximum absolute atomic E-state index is 11.9. The summed E-state index contributed by atoms with van der Waals surface area (Å²) < 4.78 is 4.55. The summed E-state index contributed by atoms with van der Waals surface area (Å²) >= 11 is 0. The molecule has 4 heteroatoms. The van der Waals surface area contributed by atoms with Gasteiger partial charge < -0.3 is 10.1 Å². The van der Waals surface area contributed by atoms with E-state index in [2.05, 4.69) is 10.1 Å². The molecule has 0 unspecified atom stereocenters. The average molecular weight is 291 g/mol. The molecule has 1 atom stereocenters. The van der Waals surface area contributed by atoms with Gasteiger partial charge in [0.1, 0.15) is 5.60 Å². The number of hydrogen-bond acceptors (Lipinski definition) is 4. The fourth-order valence-electron chi connectivity index (χ4n) is 1.97. The second-order valence-corrected chi connectivity index (χ2v) is 6.21. The molecule has 1 aliphatic rings. The van der Waals surface area contributed by atoms with Crippen LogP contribution in [0.5, 0.6) is 0 Å². The van der Waals surface area contributed by atoms with Crippen molar-refractivity contribution in [1.29, 1.82) is 0 Å². The fraction of sp³-hybridized carbons (Fsp3) is 0.529. The van der Waals surface area contributed by atoms with Gasteiger partial charge in [0.2, 0.25) is 0 Å². The summed E-state index contributed by atoms with van der Waals surface area (Å²) in [4.78, 5) is 21.5. The molecular formula is C17H25NO3. The number of Topliss-reactive ketones (excluding diaryl/α,β-unsaturated/α-hetero) is 1. The summed E-state index contributed by atoms with van der Waals surface area (Å²) in [5.41, 5.74) is 1.71. The molecule has 116 valence electrons. The molecule has 0 radical (unpaired) electrons. The van der Waals surface area contributed by atoms with Gasteiger partial charge in [0.15, 0.2) is 5.78 Å². The zero-order valence-electron chi connectivity index (χ0n) is 13.3. The van der Waals surface area contributed by atoms with Gasteiger partial charge >= 0.3 is 0 Å². The minimum absolute atomic E-state index is 0.0534. The van der Waals surface area contributed by atoms with Crippen LogP contribution < -0.4 is 5.32 Å². The van der Waals surface area contributed by atoms with Gasteiger partial charge in [0.05, 0.1) is 6.04 Å². The van der Waals surface area contributed by atoms with E-state index in [1.807, 2.05) is 52.0 Å². The molecule has 1 heterocycles. The molecule has 1 aliphatic heterocycles. The van der Waals surface area contributed by atoms with Gasteiger partial charge in [-0.1, -0.05) is 29.8 Å². The lowest BCUT2D eigenvalue weighted by atomic mass is 10.0. The summed E-state index contributed by atoms with van der Waals surface area (Å²) in [7, 11) is 0. The minimum Gasteiger partial charge on any atom is -0.462 e. The van der Waals surface area contributed by atoms with E-state index < -0.39 is 0 Å². The Morgan fingerprint density at radius 3 is 2.29 bits per heavy atom. The summed E-state index contributed by atoms with van der Waals surface area (Å²) in [5, 5.41) is 3.22. The number of hydrogen-bond donors (Lipinski definition) is 1. The summed E-state index contributed by atoms with van der Waals surface area (Å²) in [6.07, 6.45) is 2.09. The average Bonchev–Trinajstić information content (AvgIpc) is 2.92. The highest BCUT2D eigenvalue weighted by atomic mass is 16.5. The van der Waals surface area contributed by atoms with Crippen molar-refractivity contribution < 1.29 is 14.3 Å². The third-order valence-electron chi connectivity index (χ3n) is 3.11. The highest BCUT2D eigenvalue weighted by Gasteiger charge is 2.22. The van der Waals surface area contributed by atoms with Gasteiger partial charge in [-0.2, -0.15) is 0 Å². The van der Waals surface area contributed by atoms with Crippen molar-refractivity contribution in [2.75, 3.05) is 6.54 Å². The number of carbonyl (C=O) groups is 2. The molecule has 0 spiro atoms. The van der Waals surface area contributed by atoms with Crippen molar-refractivity contribution in [1.82, 2.24) is 5.32 Å². The number of benzene rings is 1. The standard InChI is InChI=1S/C12H15NO.C5H10O2/c1-9-4-6-10(7-5-9)12(14)11-3-2-8-13-11;1-5(2,3)7-4-6/h4-7,11,13H,2-3,8H2,1H3;4H,1-3H3/t11-;/m0./s1. The first-order chi connectivity index (χ1) is 9.83. The molecule has 2 rings (SSSR count). The molecule has 0 saturated carbocycles. The SMILES string of the molecule is CC(C)(C)OC=O.Cc1ccc(C(=O)[C@@H]2CCCN2)cc1. The zero-order valence-corrected chi connectivity index (χ0v) is 13.3. The topological polar surface area (TPSA) is 55.4 Å². The van der Waals surface area contributed by atoms with Crippen LogP contribution in [0.1, 0.15) is 49.5 Å². The first-order valence-electron chi connectivity index (χ1n) is 7.29. The first-order valence-corrected chi connectivity index (χ1v) is 7.29. The highest BCUT2D eigenvalue weighted by molar-refractivity contribution is 6.00. The van der Waals surface area contributed by atoms with Crippen LogP contribution in [-0.2, 0) is 9.53 Å². The van der Waals surface area contributed by atoms with Gasteiger partial charge in [-0.15, -0.1) is 0 Å². The third-order valence-corrected chi connectivity index (χ3v) is 3.11. The summed E-state index contributed by atoms with van der Waals surface area (Å²) in [6, 6.07) is 7.86. The van der Waals surface area contributed by atoms with Crippen LogP contribution in [0.15, 0.2) is 24.3 Å². The number of rotatable bonds is 3. The molecule has 0 aliphatic carbocycles. The predicted molar refractivity (Wildman–Crippen MR) is 83.4 cm³/mol. The van der Waals surface area contributed by atoms with E-state index in [1.165, 1.54) is 5.56 Å². The van der Waals surface area contributed by atoms with E-state index in [0.717, 1.165) is 24.9 Å². The van der Waals surface area contributed by atoms with Gasteiger partial charge in [0, 0.05) is 5.56 Å². The Bertz CT molecular complexity index is 454. The van der Waals surface area contributed by atoms with E-state index in [0.29, 0.717) is 6.47 Å². The van der Waals surface area contributed by atoms with E-state index in [-0.39, 0.29) is 17.4 Å². The van der Waals surface area contributed by atoms with Crippen molar-refractivity contribution >= 4 is 12.3 Å². The van der Waals surface area contributed by atoms with Crippen LogP contribution in [0.2, 0.25) is 0 Å². The van der Waals surface area contributed by atoms with Gasteiger partial charge in [-0.3, -0.25) is 9.59 Å². The number of carbonyl (C=O) groups excluding carboxylic acids is 2. The van der Waals surface area contributed by atoms with E-state index in [4.69, 9.17) is 0 Å². The molecule has 0 aromatic heterocycles. The van der Waals surface area contributed by atoms with Gasteiger partial charge in [-0.05, 0) is 47.1 Å². The Morgan fingerprint density at radius 2 is 1.90 bits per heavy atom. The maximum atomic E-state index is 11.9. The predicted octanol–water partition coefficient (Wildman–Crippen LogP) is 2.89. The highest BCUT2D eigenvalue weighted by Crippen LogP contribution is 2.12. The normalized spacial score (nSPS) is 17.6. The molecule has 1 aromatic carbocycles. The van der Waals surface area contributed by atoms with Crippen LogP contribution in [0.4, 0.5) is 0 Å². The molecule has 21 heavy (non-hydrogen) atoms. The Kier molecular flexibility index (Phi) is 6.56. The Morgan fingerprint density at radius 1 is 1.29 bits per heavy atom. The minimum atomic E-state index is -0.318. The number of aryl methyl sites for hydroxylation is 1. The first kappa shape index (κ1) is 17.4. The third kappa shape index (κ3) is 6.54. The quantitative estimate of drug-likeness (QED) is 0.687. The van der Waals surface area contributed by atoms with Crippen molar-refractivity contribution in [3.8, 4) is 0 Å². The maximum Gasteiger partial charge on any atom is 0.293 e. The molecule has 1 saturated heterocycles. The summed E-state index contributed by atoms with van der Waals surface area (Å²) in [5.74, 6) is 0.238. The van der Waals surface area contributed by atoms with Crippen LogP contribution in [-0.4, -0.2) is 30.4 Å². The summed E-state index contributed by atoms with van der Waals surface area (Å²) in [6.45, 7) is 8.93. The second-order valence-electron chi connectivity index (χ2n) is 6.21. The lowest BCUT2D eigenvalue weighted by Crippen LogP contribution is -2.30.